The monoisotopic (exact) mass is 944 g/mol. The Bertz CT molecular complexity index is 2870. The summed E-state index contributed by atoms with van der Waals surface area (Å²) in [5.74, 6) is 0.936. The van der Waals surface area contributed by atoms with Crippen molar-refractivity contribution in [1.29, 1.82) is 0 Å². The average Bonchev–Trinajstić information content (AvgIpc) is 3.62. The first-order valence-electron chi connectivity index (χ1n) is 20.7. The standard InChI is InChI=1S/C52H48N3O2.Pt/c1-33-20-22-34(23-21-33)36-26-27-53-44(31-36)38-28-37(29-40(30-38)52(5,6)7)41-16-12-18-46-48(41)54-50(42-17-13-19-47(57-8)49(42)56)55(46)45-25-24-39(51(2,3)4)32-43(45)35-14-10-9-11-15-35;/h9-27,29-32,56H,1-8H3;/q-1;/i1D3;. The van der Waals surface area contributed by atoms with Crippen LogP contribution in [0.5, 0.6) is 11.5 Å². The molecule has 1 N–H and O–H groups in total. The van der Waals surface area contributed by atoms with Crippen LogP contribution in [-0.4, -0.2) is 26.8 Å². The summed E-state index contributed by atoms with van der Waals surface area (Å²) in [6.45, 7) is 11.1. The molecule has 0 atom stereocenters. The minimum atomic E-state index is -2.17. The Morgan fingerprint density at radius 3 is 2.07 bits per heavy atom. The SMILES string of the molecule is [2H]C([2H])([2H])c1ccc(-c2ccnc(-c3[c-]c(-c4cccc5c4nc(-c4cccc(OC)c4O)n5-c4ccc(C(C)(C)C)cc4-c4ccccc4)cc(C(C)(C)C)c3)c2)cc1.[Pt]. The van der Waals surface area contributed by atoms with E-state index in [1.807, 2.05) is 42.5 Å². The number of ether oxygens (including phenoxy) is 1. The summed E-state index contributed by atoms with van der Waals surface area (Å²) in [6, 6.07) is 47.7. The minimum Gasteiger partial charge on any atom is -0.504 e. The van der Waals surface area contributed by atoms with Crippen LogP contribution in [0.3, 0.4) is 0 Å². The van der Waals surface area contributed by atoms with Gasteiger partial charge in [0, 0.05) is 42.6 Å². The Morgan fingerprint density at radius 1 is 0.655 bits per heavy atom. The summed E-state index contributed by atoms with van der Waals surface area (Å²) < 4.78 is 31.2. The van der Waals surface area contributed by atoms with E-state index in [1.165, 1.54) is 5.56 Å². The largest absolute Gasteiger partial charge is 0.504 e. The van der Waals surface area contributed by atoms with Crippen molar-refractivity contribution < 1.29 is 35.0 Å². The molecule has 0 saturated heterocycles. The number of benzene rings is 6. The van der Waals surface area contributed by atoms with Gasteiger partial charge in [-0.05, 0) is 76.3 Å². The molecule has 58 heavy (non-hydrogen) atoms. The molecule has 294 valence electrons. The first kappa shape index (κ1) is 36.6. The maximum atomic E-state index is 11.7. The zero-order valence-electron chi connectivity index (χ0n) is 36.8. The van der Waals surface area contributed by atoms with E-state index in [0.29, 0.717) is 22.7 Å². The number of aryl methyl sites for hydroxylation is 1. The van der Waals surface area contributed by atoms with Gasteiger partial charge < -0.3 is 9.84 Å². The molecular formula is C52H48N3O2Pt-. The normalized spacial score (nSPS) is 12.7. The molecule has 5 nitrogen and oxygen atoms in total. The van der Waals surface area contributed by atoms with Gasteiger partial charge in [-0.15, -0.1) is 29.3 Å². The number of rotatable bonds is 7. The quantitative estimate of drug-likeness (QED) is 0.162. The van der Waals surface area contributed by atoms with Crippen LogP contribution in [0.4, 0.5) is 0 Å². The summed E-state index contributed by atoms with van der Waals surface area (Å²) in [4.78, 5) is 10.2. The van der Waals surface area contributed by atoms with Gasteiger partial charge in [0.25, 0.3) is 0 Å². The van der Waals surface area contributed by atoms with Crippen molar-refractivity contribution in [2.24, 2.45) is 0 Å². The molecular weight excluding hydrogens is 894 g/mol. The predicted molar refractivity (Wildman–Crippen MR) is 235 cm³/mol. The molecule has 0 bridgehead atoms. The Morgan fingerprint density at radius 2 is 1.36 bits per heavy atom. The van der Waals surface area contributed by atoms with Crippen molar-refractivity contribution >= 4 is 11.0 Å². The van der Waals surface area contributed by atoms with Crippen LogP contribution < -0.4 is 4.74 Å². The molecule has 6 aromatic carbocycles. The van der Waals surface area contributed by atoms with Crippen LogP contribution in [0.2, 0.25) is 0 Å². The number of phenols is 1. The van der Waals surface area contributed by atoms with E-state index in [1.54, 1.807) is 31.5 Å². The van der Waals surface area contributed by atoms with Crippen molar-refractivity contribution in [2.75, 3.05) is 7.11 Å². The van der Waals surface area contributed by atoms with Gasteiger partial charge in [-0.1, -0.05) is 143 Å². The molecule has 0 radical (unpaired) electrons. The predicted octanol–water partition coefficient (Wildman–Crippen LogP) is 13.2. The van der Waals surface area contributed by atoms with E-state index < -0.39 is 6.85 Å². The third kappa shape index (κ3) is 7.76. The number of methoxy groups -OCH3 is 1. The fourth-order valence-electron chi connectivity index (χ4n) is 7.36. The second-order valence-electron chi connectivity index (χ2n) is 16.6. The van der Waals surface area contributed by atoms with Gasteiger partial charge in [0.05, 0.1) is 29.4 Å². The number of aromatic hydroxyl groups is 1. The Labute approximate surface area is 360 Å². The zero-order chi connectivity index (χ0) is 42.6. The Hall–Kier alpha value is -5.77. The fraction of sp³-hybridized carbons (Fsp3) is 0.192. The molecule has 0 aliphatic heterocycles. The number of imidazole rings is 1. The fourth-order valence-corrected chi connectivity index (χ4v) is 7.36. The molecule has 0 unspecified atom stereocenters. The number of hydrogen-bond donors (Lipinski definition) is 1. The van der Waals surface area contributed by atoms with Crippen LogP contribution in [0.1, 0.15) is 62.3 Å². The molecule has 2 aromatic heterocycles. The molecule has 6 heteroatoms. The first-order valence-corrected chi connectivity index (χ1v) is 19.2. The summed E-state index contributed by atoms with van der Waals surface area (Å²) in [5.41, 5.74) is 12.6. The van der Waals surface area contributed by atoms with Crippen LogP contribution in [0.25, 0.3) is 72.7 Å². The Balaban J connectivity index is 0.00000561. The Kier molecular flexibility index (Phi) is 10.0. The molecule has 0 aliphatic rings. The molecule has 2 heterocycles. The molecule has 0 fully saturated rings. The van der Waals surface area contributed by atoms with Crippen molar-refractivity contribution in [3.05, 3.63) is 162 Å². The van der Waals surface area contributed by atoms with Gasteiger partial charge in [-0.2, -0.15) is 0 Å². The van der Waals surface area contributed by atoms with Gasteiger partial charge in [0.2, 0.25) is 0 Å². The van der Waals surface area contributed by atoms with Crippen molar-refractivity contribution in [1.82, 2.24) is 14.5 Å². The van der Waals surface area contributed by atoms with Gasteiger partial charge in [0.15, 0.2) is 11.5 Å². The molecule has 0 amide bonds. The van der Waals surface area contributed by atoms with Crippen molar-refractivity contribution in [3.63, 3.8) is 0 Å². The maximum Gasteiger partial charge on any atom is 0.168 e. The van der Waals surface area contributed by atoms with Crippen LogP contribution in [0.15, 0.2) is 140 Å². The van der Waals surface area contributed by atoms with Crippen LogP contribution >= 0.6 is 0 Å². The van der Waals surface area contributed by atoms with Gasteiger partial charge in [-0.25, -0.2) is 4.98 Å². The molecule has 0 spiro atoms. The maximum absolute atomic E-state index is 11.7. The molecule has 8 rings (SSSR count). The number of pyridine rings is 1. The van der Waals surface area contributed by atoms with Crippen LogP contribution in [-0.2, 0) is 31.9 Å². The van der Waals surface area contributed by atoms with E-state index in [0.717, 1.165) is 66.9 Å². The van der Waals surface area contributed by atoms with Crippen molar-refractivity contribution in [3.8, 4) is 73.2 Å². The summed E-state index contributed by atoms with van der Waals surface area (Å²) in [5, 5.41) is 11.7. The number of fused-ring (bicyclic) bond motifs is 1. The molecule has 8 aromatic rings. The minimum absolute atomic E-state index is 0. The van der Waals surface area contributed by atoms with E-state index in [-0.39, 0.29) is 37.6 Å². The van der Waals surface area contributed by atoms with E-state index in [2.05, 4.69) is 125 Å². The first-order chi connectivity index (χ1) is 28.5. The number of para-hydroxylation sites is 2. The second-order valence-corrected chi connectivity index (χ2v) is 16.6. The number of phenolic OH excluding ortho intramolecular Hbond substituents is 1. The topological polar surface area (TPSA) is 60.2 Å². The number of nitrogens with zero attached hydrogens (tertiary/aromatic N) is 3. The van der Waals surface area contributed by atoms with E-state index in [4.69, 9.17) is 18.8 Å². The molecule has 0 aliphatic carbocycles. The summed E-state index contributed by atoms with van der Waals surface area (Å²) in [7, 11) is 1.55. The van der Waals surface area contributed by atoms with Crippen molar-refractivity contribution in [2.45, 2.75) is 59.2 Å². The van der Waals surface area contributed by atoms with Gasteiger partial charge in [0.1, 0.15) is 5.82 Å². The zero-order valence-corrected chi connectivity index (χ0v) is 36.1. The van der Waals surface area contributed by atoms with Gasteiger partial charge >= 0.3 is 0 Å². The number of aromatic nitrogens is 3. The third-order valence-electron chi connectivity index (χ3n) is 10.6. The van der Waals surface area contributed by atoms with E-state index in [9.17, 15) is 5.11 Å². The second kappa shape index (κ2) is 15.9. The molecule has 0 saturated carbocycles. The van der Waals surface area contributed by atoms with Crippen LogP contribution in [0, 0.1) is 12.9 Å². The number of hydrogen-bond acceptors (Lipinski definition) is 4. The third-order valence-corrected chi connectivity index (χ3v) is 10.6. The van der Waals surface area contributed by atoms with Gasteiger partial charge in [-0.3, -0.25) is 9.55 Å². The summed E-state index contributed by atoms with van der Waals surface area (Å²) in [6.07, 6.45) is 1.78. The van der Waals surface area contributed by atoms with E-state index >= 15 is 0 Å². The summed E-state index contributed by atoms with van der Waals surface area (Å²) >= 11 is 0. The average molecular weight is 945 g/mol. The smallest absolute Gasteiger partial charge is 0.168 e.